The van der Waals surface area contributed by atoms with Crippen LogP contribution in [0.3, 0.4) is 0 Å². The Morgan fingerprint density at radius 2 is 1.80 bits per heavy atom. The Labute approximate surface area is 123 Å². The smallest absolute Gasteiger partial charge is 0.0797 e. The summed E-state index contributed by atoms with van der Waals surface area (Å²) in [4.78, 5) is 5.33. The predicted octanol–water partition coefficient (Wildman–Crippen LogP) is 4.20. The molecule has 3 rings (SSSR count). The summed E-state index contributed by atoms with van der Waals surface area (Å²) >= 11 is 1.67. The van der Waals surface area contributed by atoms with Gasteiger partial charge in [0.25, 0.3) is 0 Å². The molecule has 0 aliphatic heterocycles. The van der Waals surface area contributed by atoms with E-state index in [1.165, 1.54) is 27.1 Å². The van der Waals surface area contributed by atoms with Crippen molar-refractivity contribution in [3.05, 3.63) is 65.8 Å². The molecule has 2 nitrogen and oxygen atoms in total. The fraction of sp³-hybridized carbons (Fsp3) is 0.118. The van der Waals surface area contributed by atoms with E-state index in [0.717, 1.165) is 6.54 Å². The summed E-state index contributed by atoms with van der Waals surface area (Å²) in [5, 5.41) is 3.18. The third-order valence-corrected chi connectivity index (χ3v) is 4.07. The molecule has 3 heteroatoms. The van der Waals surface area contributed by atoms with Gasteiger partial charge in [0.2, 0.25) is 0 Å². The third-order valence-electron chi connectivity index (χ3n) is 3.24. The Morgan fingerprint density at radius 1 is 1.00 bits per heavy atom. The molecular weight excluding hydrogens is 264 g/mol. The van der Waals surface area contributed by atoms with Gasteiger partial charge >= 0.3 is 0 Å². The molecule has 1 heterocycles. The average molecular weight is 280 g/mol. The van der Waals surface area contributed by atoms with Gasteiger partial charge in [0.05, 0.1) is 10.4 Å². The normalized spacial score (nSPS) is 10.7. The Hall–Kier alpha value is -1.97. The number of hydrogen-bond donors (Lipinski definition) is 1. The molecule has 20 heavy (non-hydrogen) atoms. The van der Waals surface area contributed by atoms with Crippen molar-refractivity contribution in [3.63, 3.8) is 0 Å². The molecular formula is C17H16N2S. The topological polar surface area (TPSA) is 24.9 Å². The van der Waals surface area contributed by atoms with Gasteiger partial charge in [0, 0.05) is 12.7 Å². The van der Waals surface area contributed by atoms with Crippen LogP contribution in [0.15, 0.2) is 60.2 Å². The lowest BCUT2D eigenvalue weighted by Gasteiger charge is -2.06. The molecule has 2 aromatic carbocycles. The highest BCUT2D eigenvalue weighted by Gasteiger charge is 2.02. The fourth-order valence-corrected chi connectivity index (χ4v) is 2.88. The first-order valence-electron chi connectivity index (χ1n) is 6.59. The molecule has 0 amide bonds. The van der Waals surface area contributed by atoms with Crippen LogP contribution in [-0.4, -0.2) is 12.0 Å². The van der Waals surface area contributed by atoms with Crippen molar-refractivity contribution in [2.75, 3.05) is 7.05 Å². The van der Waals surface area contributed by atoms with Gasteiger partial charge in [-0.2, -0.15) is 0 Å². The van der Waals surface area contributed by atoms with Crippen LogP contribution in [0.4, 0.5) is 0 Å². The summed E-state index contributed by atoms with van der Waals surface area (Å²) in [6.45, 7) is 0.896. The van der Waals surface area contributed by atoms with Crippen molar-refractivity contribution in [1.82, 2.24) is 10.3 Å². The average Bonchev–Trinajstić information content (AvgIpc) is 3.02. The van der Waals surface area contributed by atoms with Crippen molar-refractivity contribution >= 4 is 11.3 Å². The zero-order chi connectivity index (χ0) is 13.8. The van der Waals surface area contributed by atoms with Crippen LogP contribution in [0.2, 0.25) is 0 Å². The largest absolute Gasteiger partial charge is 0.316 e. The van der Waals surface area contributed by atoms with Crippen molar-refractivity contribution < 1.29 is 0 Å². The van der Waals surface area contributed by atoms with E-state index in [9.17, 15) is 0 Å². The lowest BCUT2D eigenvalue weighted by atomic mass is 10.0. The minimum absolute atomic E-state index is 0.896. The molecule has 3 aromatic rings. The van der Waals surface area contributed by atoms with Crippen LogP contribution < -0.4 is 5.32 Å². The van der Waals surface area contributed by atoms with Gasteiger partial charge in [-0.05, 0) is 35.4 Å². The summed E-state index contributed by atoms with van der Waals surface area (Å²) in [6.07, 6.45) is 1.91. The molecule has 0 bridgehead atoms. The van der Waals surface area contributed by atoms with Gasteiger partial charge in [-0.15, -0.1) is 11.3 Å². The van der Waals surface area contributed by atoms with E-state index in [0.29, 0.717) is 0 Å². The van der Waals surface area contributed by atoms with Crippen molar-refractivity contribution in [3.8, 4) is 21.6 Å². The second-order valence-corrected chi connectivity index (χ2v) is 5.56. The zero-order valence-electron chi connectivity index (χ0n) is 11.3. The van der Waals surface area contributed by atoms with Crippen molar-refractivity contribution in [2.45, 2.75) is 6.54 Å². The van der Waals surface area contributed by atoms with Gasteiger partial charge in [-0.3, -0.25) is 4.98 Å². The maximum atomic E-state index is 4.12. The SMILES string of the molecule is CNCc1cccc(-c2ccc(-c3cncs3)cc2)c1. The van der Waals surface area contributed by atoms with Crippen molar-refractivity contribution in [1.29, 1.82) is 0 Å². The monoisotopic (exact) mass is 280 g/mol. The molecule has 0 aliphatic carbocycles. The standard InChI is InChI=1S/C17H16N2S/c1-18-10-13-3-2-4-16(9-13)14-5-7-15(8-6-14)17-11-19-12-20-17/h2-9,11-12,18H,10H2,1H3. The molecule has 0 radical (unpaired) electrons. The lowest BCUT2D eigenvalue weighted by molar-refractivity contribution is 0.818. The maximum Gasteiger partial charge on any atom is 0.0797 e. The summed E-state index contributed by atoms with van der Waals surface area (Å²) in [5.74, 6) is 0. The number of rotatable bonds is 4. The van der Waals surface area contributed by atoms with Gasteiger partial charge in [0.15, 0.2) is 0 Å². The lowest BCUT2D eigenvalue weighted by Crippen LogP contribution is -2.04. The first-order chi connectivity index (χ1) is 9.86. The molecule has 1 aromatic heterocycles. The number of nitrogens with zero attached hydrogens (tertiary/aromatic N) is 1. The molecule has 0 atom stereocenters. The number of nitrogens with one attached hydrogen (secondary N) is 1. The highest BCUT2D eigenvalue weighted by atomic mass is 32.1. The van der Waals surface area contributed by atoms with E-state index in [1.807, 2.05) is 18.8 Å². The van der Waals surface area contributed by atoms with Crippen LogP contribution in [0.5, 0.6) is 0 Å². The second kappa shape index (κ2) is 5.99. The first kappa shape index (κ1) is 13.0. The third kappa shape index (κ3) is 2.79. The van der Waals surface area contributed by atoms with E-state index in [1.54, 1.807) is 11.3 Å². The van der Waals surface area contributed by atoms with E-state index in [4.69, 9.17) is 0 Å². The Morgan fingerprint density at radius 3 is 2.50 bits per heavy atom. The van der Waals surface area contributed by atoms with E-state index >= 15 is 0 Å². The number of benzene rings is 2. The second-order valence-electron chi connectivity index (χ2n) is 4.67. The van der Waals surface area contributed by atoms with Crippen LogP contribution >= 0.6 is 11.3 Å². The molecule has 0 fully saturated rings. The number of thiazole rings is 1. The Kier molecular flexibility index (Phi) is 3.90. The summed E-state index contributed by atoms with van der Waals surface area (Å²) in [7, 11) is 1.97. The summed E-state index contributed by atoms with van der Waals surface area (Å²) in [5.41, 5.74) is 6.90. The molecule has 0 saturated carbocycles. The molecule has 100 valence electrons. The van der Waals surface area contributed by atoms with E-state index < -0.39 is 0 Å². The molecule has 0 saturated heterocycles. The fourth-order valence-electron chi connectivity index (χ4n) is 2.25. The Balaban J connectivity index is 1.89. The highest BCUT2D eigenvalue weighted by molar-refractivity contribution is 7.13. The summed E-state index contributed by atoms with van der Waals surface area (Å²) < 4.78 is 0. The highest BCUT2D eigenvalue weighted by Crippen LogP contribution is 2.27. The Bertz CT molecular complexity index is 672. The first-order valence-corrected chi connectivity index (χ1v) is 7.47. The van der Waals surface area contributed by atoms with Gasteiger partial charge < -0.3 is 5.32 Å². The minimum atomic E-state index is 0.896. The van der Waals surface area contributed by atoms with E-state index in [2.05, 4.69) is 58.8 Å². The maximum absolute atomic E-state index is 4.12. The summed E-state index contributed by atoms with van der Waals surface area (Å²) in [6, 6.07) is 17.3. The predicted molar refractivity (Wildman–Crippen MR) is 85.7 cm³/mol. The molecule has 0 aliphatic rings. The van der Waals surface area contributed by atoms with Gasteiger partial charge in [0.1, 0.15) is 0 Å². The molecule has 0 unspecified atom stereocenters. The zero-order valence-corrected chi connectivity index (χ0v) is 12.2. The number of aromatic nitrogens is 1. The van der Waals surface area contributed by atoms with Crippen LogP contribution in [0, 0.1) is 0 Å². The minimum Gasteiger partial charge on any atom is -0.316 e. The van der Waals surface area contributed by atoms with Crippen LogP contribution in [0.25, 0.3) is 21.6 Å². The van der Waals surface area contributed by atoms with Crippen LogP contribution in [-0.2, 0) is 6.54 Å². The van der Waals surface area contributed by atoms with Gasteiger partial charge in [-0.25, -0.2) is 0 Å². The van der Waals surface area contributed by atoms with E-state index in [-0.39, 0.29) is 0 Å². The van der Waals surface area contributed by atoms with Gasteiger partial charge in [-0.1, -0.05) is 42.5 Å². The molecule has 1 N–H and O–H groups in total. The quantitative estimate of drug-likeness (QED) is 0.775. The van der Waals surface area contributed by atoms with Crippen LogP contribution in [0.1, 0.15) is 5.56 Å². The number of hydrogen-bond acceptors (Lipinski definition) is 3. The van der Waals surface area contributed by atoms with Crippen molar-refractivity contribution in [2.24, 2.45) is 0 Å². The molecule has 0 spiro atoms.